The second-order valence-corrected chi connectivity index (χ2v) is 10.4. The molecule has 2 aromatic carbocycles. The SMILES string of the molecule is COc1ccc(C(=O)NC[C@H](NC(=O)C2CCN(C(=O)C=Cc3ccc(SC)c(Cl)c3Cl)CC2)C(=O)O)cc1. The average molecular weight is 595 g/mol. The number of thioether (sulfide) groups is 1. The molecule has 1 heterocycles. The van der Waals surface area contributed by atoms with Crippen LogP contribution in [0, 0.1) is 5.92 Å². The summed E-state index contributed by atoms with van der Waals surface area (Å²) < 4.78 is 5.05. The van der Waals surface area contributed by atoms with Gasteiger partial charge in [0.25, 0.3) is 5.91 Å². The second kappa shape index (κ2) is 14.3. The van der Waals surface area contributed by atoms with Crippen LogP contribution in [-0.2, 0) is 14.4 Å². The smallest absolute Gasteiger partial charge is 0.328 e. The monoisotopic (exact) mass is 593 g/mol. The van der Waals surface area contributed by atoms with Gasteiger partial charge in [0.05, 0.1) is 17.2 Å². The van der Waals surface area contributed by atoms with E-state index in [4.69, 9.17) is 27.9 Å². The first-order chi connectivity index (χ1) is 18.6. The number of halogens is 2. The van der Waals surface area contributed by atoms with Crippen molar-refractivity contribution in [2.24, 2.45) is 5.92 Å². The molecule has 0 saturated carbocycles. The molecule has 2 aromatic rings. The highest BCUT2D eigenvalue weighted by atomic mass is 35.5. The molecule has 1 fully saturated rings. The first kappa shape index (κ1) is 30.3. The third kappa shape index (κ3) is 8.14. The van der Waals surface area contributed by atoms with Gasteiger partial charge in [-0.15, -0.1) is 11.8 Å². The number of aliphatic carboxylic acids is 1. The molecule has 1 aliphatic rings. The number of carbonyl (C=O) groups is 4. The number of hydrogen-bond donors (Lipinski definition) is 3. The predicted molar refractivity (Wildman–Crippen MR) is 151 cm³/mol. The number of carboxylic acids is 1. The van der Waals surface area contributed by atoms with Crippen molar-refractivity contribution in [3.05, 3.63) is 63.6 Å². The molecule has 12 heteroatoms. The summed E-state index contributed by atoms with van der Waals surface area (Å²) in [6, 6.07) is 8.67. The Balaban J connectivity index is 1.49. The zero-order valence-electron chi connectivity index (χ0n) is 21.4. The Hall–Kier alpha value is -3.21. The molecule has 1 aliphatic heterocycles. The van der Waals surface area contributed by atoms with Crippen LogP contribution in [0.3, 0.4) is 0 Å². The van der Waals surface area contributed by atoms with E-state index in [-0.39, 0.29) is 12.5 Å². The minimum absolute atomic E-state index is 0.223. The zero-order valence-corrected chi connectivity index (χ0v) is 23.7. The largest absolute Gasteiger partial charge is 0.497 e. The Morgan fingerprint density at radius 1 is 1.10 bits per heavy atom. The minimum Gasteiger partial charge on any atom is -0.497 e. The molecule has 9 nitrogen and oxygen atoms in total. The normalized spacial score (nSPS) is 14.6. The first-order valence-corrected chi connectivity index (χ1v) is 14.1. The quantitative estimate of drug-likeness (QED) is 0.281. The number of likely N-dealkylation sites (tertiary alicyclic amines) is 1. The lowest BCUT2D eigenvalue weighted by atomic mass is 9.95. The van der Waals surface area contributed by atoms with Crippen molar-refractivity contribution in [1.82, 2.24) is 15.5 Å². The third-order valence-corrected chi connectivity index (χ3v) is 8.10. The van der Waals surface area contributed by atoms with E-state index in [1.165, 1.54) is 24.9 Å². The Kier molecular flexibility index (Phi) is 11.1. The maximum absolute atomic E-state index is 12.8. The van der Waals surface area contributed by atoms with Crippen LogP contribution in [0.15, 0.2) is 47.4 Å². The molecular weight excluding hydrogens is 565 g/mol. The highest BCUT2D eigenvalue weighted by Gasteiger charge is 2.30. The number of nitrogens with one attached hydrogen (secondary N) is 2. The summed E-state index contributed by atoms with van der Waals surface area (Å²) in [6.07, 6.45) is 5.68. The van der Waals surface area contributed by atoms with Gasteiger partial charge in [0.1, 0.15) is 11.8 Å². The molecule has 208 valence electrons. The number of rotatable bonds is 10. The van der Waals surface area contributed by atoms with Crippen LogP contribution in [0.5, 0.6) is 5.75 Å². The molecule has 0 aliphatic carbocycles. The van der Waals surface area contributed by atoms with Crippen molar-refractivity contribution in [2.75, 3.05) is 33.0 Å². The maximum atomic E-state index is 12.8. The lowest BCUT2D eigenvalue weighted by Gasteiger charge is -2.31. The van der Waals surface area contributed by atoms with Crippen molar-refractivity contribution in [3.8, 4) is 5.75 Å². The van der Waals surface area contributed by atoms with Gasteiger partial charge in [0.15, 0.2) is 0 Å². The van der Waals surface area contributed by atoms with Crippen molar-refractivity contribution >= 4 is 64.7 Å². The Bertz CT molecular complexity index is 1250. The third-order valence-electron chi connectivity index (χ3n) is 6.31. The molecule has 3 N–H and O–H groups in total. The Morgan fingerprint density at radius 2 is 1.77 bits per heavy atom. The van der Waals surface area contributed by atoms with Crippen LogP contribution in [0.4, 0.5) is 0 Å². The fourth-order valence-corrected chi connectivity index (χ4v) is 5.16. The maximum Gasteiger partial charge on any atom is 0.328 e. The number of carboxylic acid groups (broad SMARTS) is 1. The molecule has 0 unspecified atom stereocenters. The van der Waals surface area contributed by atoms with Crippen LogP contribution in [0.1, 0.15) is 28.8 Å². The molecular formula is C27H29Cl2N3O6S. The number of methoxy groups -OCH3 is 1. The van der Waals surface area contributed by atoms with E-state index in [1.54, 1.807) is 41.3 Å². The van der Waals surface area contributed by atoms with Gasteiger partial charge in [-0.3, -0.25) is 14.4 Å². The molecule has 39 heavy (non-hydrogen) atoms. The lowest BCUT2D eigenvalue weighted by molar-refractivity contribution is -0.142. The predicted octanol–water partition coefficient (Wildman–Crippen LogP) is 3.98. The van der Waals surface area contributed by atoms with E-state index >= 15 is 0 Å². The van der Waals surface area contributed by atoms with E-state index < -0.39 is 29.7 Å². The number of ether oxygens (including phenoxy) is 1. The Morgan fingerprint density at radius 3 is 2.36 bits per heavy atom. The highest BCUT2D eigenvalue weighted by Crippen LogP contribution is 2.35. The zero-order chi connectivity index (χ0) is 28.5. The van der Waals surface area contributed by atoms with Gasteiger partial charge in [0, 0.05) is 42.1 Å². The van der Waals surface area contributed by atoms with E-state index in [9.17, 15) is 24.3 Å². The standard InChI is InChI=1S/C27H29Cl2N3O6S/c1-38-19-7-3-17(4-8-19)25(34)30-15-20(27(36)37)31-26(35)18-11-13-32(14-12-18)22(33)10-6-16-5-9-21(39-2)24(29)23(16)28/h3-10,18,20H,11-15H2,1-2H3,(H,30,34)(H,31,35)(H,36,37)/t20-/m0/s1. The number of amides is 3. The van der Waals surface area contributed by atoms with Gasteiger partial charge in [-0.2, -0.15) is 0 Å². The fraction of sp³-hybridized carbons (Fsp3) is 0.333. The summed E-state index contributed by atoms with van der Waals surface area (Å²) in [7, 11) is 1.51. The van der Waals surface area contributed by atoms with E-state index in [0.717, 1.165) is 4.90 Å². The van der Waals surface area contributed by atoms with E-state index in [1.807, 2.05) is 12.3 Å². The Labute approximate surface area is 240 Å². The van der Waals surface area contributed by atoms with Crippen molar-refractivity contribution < 1.29 is 29.0 Å². The summed E-state index contributed by atoms with van der Waals surface area (Å²) in [6.45, 7) is 0.402. The number of nitrogens with zero attached hydrogens (tertiary/aromatic N) is 1. The van der Waals surface area contributed by atoms with Crippen molar-refractivity contribution in [3.63, 3.8) is 0 Å². The first-order valence-electron chi connectivity index (χ1n) is 12.1. The van der Waals surface area contributed by atoms with Crippen LogP contribution < -0.4 is 15.4 Å². The average Bonchev–Trinajstić information content (AvgIpc) is 2.95. The highest BCUT2D eigenvalue weighted by molar-refractivity contribution is 7.98. The molecule has 1 atom stereocenters. The minimum atomic E-state index is -1.30. The molecule has 1 saturated heterocycles. The summed E-state index contributed by atoms with van der Waals surface area (Å²) >= 11 is 14.0. The lowest BCUT2D eigenvalue weighted by Crippen LogP contribution is -2.51. The van der Waals surface area contributed by atoms with Gasteiger partial charge in [0.2, 0.25) is 11.8 Å². The summed E-state index contributed by atoms with van der Waals surface area (Å²) in [5, 5.41) is 15.4. The van der Waals surface area contributed by atoms with Crippen molar-refractivity contribution in [1.29, 1.82) is 0 Å². The second-order valence-electron chi connectivity index (χ2n) is 8.76. The molecule has 0 bridgehead atoms. The molecule has 0 radical (unpaired) electrons. The van der Waals surface area contributed by atoms with E-state index in [2.05, 4.69) is 10.6 Å². The summed E-state index contributed by atoms with van der Waals surface area (Å²) in [5.74, 6) is -2.26. The summed E-state index contributed by atoms with van der Waals surface area (Å²) in [5.41, 5.74) is 0.959. The molecule has 0 aromatic heterocycles. The molecule has 0 spiro atoms. The number of piperidine rings is 1. The number of carbonyl (C=O) groups excluding carboxylic acids is 3. The van der Waals surface area contributed by atoms with Crippen LogP contribution >= 0.6 is 35.0 Å². The van der Waals surface area contributed by atoms with Gasteiger partial charge < -0.3 is 25.4 Å². The van der Waals surface area contributed by atoms with Crippen molar-refractivity contribution in [2.45, 2.75) is 23.8 Å². The van der Waals surface area contributed by atoms with Crippen LogP contribution in [0.2, 0.25) is 10.0 Å². The van der Waals surface area contributed by atoms with Gasteiger partial charge >= 0.3 is 5.97 Å². The van der Waals surface area contributed by atoms with Gasteiger partial charge in [-0.25, -0.2) is 4.79 Å². The van der Waals surface area contributed by atoms with Crippen LogP contribution in [-0.4, -0.2) is 72.7 Å². The number of benzene rings is 2. The van der Waals surface area contributed by atoms with Gasteiger partial charge in [-0.1, -0.05) is 29.3 Å². The number of hydrogen-bond acceptors (Lipinski definition) is 6. The topological polar surface area (TPSA) is 125 Å². The summed E-state index contributed by atoms with van der Waals surface area (Å²) in [4.78, 5) is 51.9. The molecule has 3 rings (SSSR count). The molecule has 3 amide bonds. The van der Waals surface area contributed by atoms with Gasteiger partial charge in [-0.05, 0) is 61.1 Å². The van der Waals surface area contributed by atoms with Crippen LogP contribution in [0.25, 0.3) is 6.08 Å². The fourth-order valence-electron chi connectivity index (χ4n) is 3.99. The van der Waals surface area contributed by atoms with E-state index in [0.29, 0.717) is 52.9 Å².